The van der Waals surface area contributed by atoms with Gasteiger partial charge in [-0.15, -0.1) is 0 Å². The fourth-order valence-electron chi connectivity index (χ4n) is 2.26. The van der Waals surface area contributed by atoms with Gasteiger partial charge in [-0.1, -0.05) is 11.6 Å². The van der Waals surface area contributed by atoms with Crippen LogP contribution < -0.4 is 11.5 Å². The first kappa shape index (κ1) is 16.0. The number of carbonyl (C=O) groups is 1. The van der Waals surface area contributed by atoms with Crippen molar-refractivity contribution >= 4 is 33.2 Å². The Morgan fingerprint density at radius 1 is 1.33 bits per heavy atom. The molecular weight excluding hydrogens is 321 g/mol. The molecule has 0 spiro atoms. The third kappa shape index (κ3) is 3.12. The van der Waals surface area contributed by atoms with E-state index in [2.05, 4.69) is 0 Å². The SMILES string of the molecule is NC(=O)C1CCN(S(=O)(=O)c2cc(N)c(F)cc2Cl)CC1. The molecule has 0 saturated carbocycles. The Labute approximate surface area is 126 Å². The van der Waals surface area contributed by atoms with E-state index in [9.17, 15) is 17.6 Å². The summed E-state index contributed by atoms with van der Waals surface area (Å²) < 4.78 is 39.5. The van der Waals surface area contributed by atoms with E-state index in [-0.39, 0.29) is 34.6 Å². The number of anilines is 1. The average molecular weight is 336 g/mol. The lowest BCUT2D eigenvalue weighted by Crippen LogP contribution is -2.41. The number of nitrogen functional groups attached to an aromatic ring is 1. The van der Waals surface area contributed by atoms with Crippen molar-refractivity contribution in [3.05, 3.63) is 23.0 Å². The smallest absolute Gasteiger partial charge is 0.244 e. The third-order valence-electron chi connectivity index (χ3n) is 3.53. The monoisotopic (exact) mass is 335 g/mol. The minimum Gasteiger partial charge on any atom is -0.396 e. The molecule has 0 aliphatic carbocycles. The molecule has 1 aliphatic heterocycles. The van der Waals surface area contributed by atoms with Crippen molar-refractivity contribution in [2.24, 2.45) is 11.7 Å². The minimum atomic E-state index is -3.88. The largest absolute Gasteiger partial charge is 0.396 e. The average Bonchev–Trinajstić information content (AvgIpc) is 2.42. The normalized spacial score (nSPS) is 17.8. The summed E-state index contributed by atoms with van der Waals surface area (Å²) in [4.78, 5) is 10.9. The quantitative estimate of drug-likeness (QED) is 0.802. The maximum Gasteiger partial charge on any atom is 0.244 e. The number of benzene rings is 1. The van der Waals surface area contributed by atoms with Crippen LogP contribution in [0.25, 0.3) is 0 Å². The summed E-state index contributed by atoms with van der Waals surface area (Å²) in [5.74, 6) is -1.53. The van der Waals surface area contributed by atoms with E-state index < -0.39 is 21.7 Å². The van der Waals surface area contributed by atoms with Crippen molar-refractivity contribution < 1.29 is 17.6 Å². The molecule has 9 heteroatoms. The standard InChI is InChI=1S/C12H15ClFN3O3S/c13-8-5-9(14)10(15)6-11(8)21(19,20)17-3-1-7(2-4-17)12(16)18/h5-7H,1-4,15H2,(H2,16,18). The Balaban J connectivity index is 2.28. The van der Waals surface area contributed by atoms with E-state index in [4.69, 9.17) is 23.1 Å². The van der Waals surface area contributed by atoms with Crippen molar-refractivity contribution in [2.75, 3.05) is 18.8 Å². The van der Waals surface area contributed by atoms with Crippen LogP contribution >= 0.6 is 11.6 Å². The first-order valence-corrected chi connectivity index (χ1v) is 8.09. The number of hydrogen-bond acceptors (Lipinski definition) is 4. The molecule has 116 valence electrons. The van der Waals surface area contributed by atoms with Crippen molar-refractivity contribution in [3.8, 4) is 0 Å². The zero-order valence-corrected chi connectivity index (χ0v) is 12.6. The van der Waals surface area contributed by atoms with Gasteiger partial charge in [0.2, 0.25) is 15.9 Å². The van der Waals surface area contributed by atoms with Gasteiger partial charge in [0.25, 0.3) is 0 Å². The van der Waals surface area contributed by atoms with Gasteiger partial charge in [0, 0.05) is 19.0 Å². The Kier molecular flexibility index (Phi) is 4.40. The summed E-state index contributed by atoms with van der Waals surface area (Å²) in [5, 5.41) is -0.223. The van der Waals surface area contributed by atoms with E-state index in [1.165, 1.54) is 4.31 Å². The first-order chi connectivity index (χ1) is 9.73. The maximum absolute atomic E-state index is 13.3. The van der Waals surface area contributed by atoms with Crippen molar-refractivity contribution in [3.63, 3.8) is 0 Å². The molecule has 2 rings (SSSR count). The molecular formula is C12H15ClFN3O3S. The zero-order chi connectivity index (χ0) is 15.8. The molecule has 1 aromatic carbocycles. The fraction of sp³-hybridized carbons (Fsp3) is 0.417. The van der Waals surface area contributed by atoms with Gasteiger partial charge in [-0.05, 0) is 25.0 Å². The van der Waals surface area contributed by atoms with Crippen LogP contribution in [0.2, 0.25) is 5.02 Å². The highest BCUT2D eigenvalue weighted by Crippen LogP contribution is 2.30. The van der Waals surface area contributed by atoms with Gasteiger partial charge >= 0.3 is 0 Å². The lowest BCUT2D eigenvalue weighted by Gasteiger charge is -2.30. The lowest BCUT2D eigenvalue weighted by atomic mass is 9.98. The molecule has 1 aliphatic rings. The summed E-state index contributed by atoms with van der Waals surface area (Å²) in [5.41, 5.74) is 10.3. The molecule has 0 aromatic heterocycles. The topological polar surface area (TPSA) is 106 Å². The molecule has 0 bridgehead atoms. The van der Waals surface area contributed by atoms with E-state index in [1.54, 1.807) is 0 Å². The van der Waals surface area contributed by atoms with Crippen LogP contribution in [-0.4, -0.2) is 31.7 Å². The van der Waals surface area contributed by atoms with Crippen LogP contribution in [0.5, 0.6) is 0 Å². The summed E-state index contributed by atoms with van der Waals surface area (Å²) in [6, 6.07) is 1.88. The third-order valence-corrected chi connectivity index (χ3v) is 5.89. The van der Waals surface area contributed by atoms with Crippen LogP contribution in [0.3, 0.4) is 0 Å². The highest BCUT2D eigenvalue weighted by atomic mass is 35.5. The van der Waals surface area contributed by atoms with Gasteiger partial charge in [0.15, 0.2) is 0 Å². The number of piperidine rings is 1. The zero-order valence-electron chi connectivity index (χ0n) is 11.1. The van der Waals surface area contributed by atoms with Crippen LogP contribution in [0, 0.1) is 11.7 Å². The van der Waals surface area contributed by atoms with Gasteiger partial charge in [-0.2, -0.15) is 4.31 Å². The van der Waals surface area contributed by atoms with Crippen molar-refractivity contribution in [2.45, 2.75) is 17.7 Å². The Morgan fingerprint density at radius 2 is 1.90 bits per heavy atom. The number of rotatable bonds is 3. The van der Waals surface area contributed by atoms with E-state index in [0.717, 1.165) is 12.1 Å². The highest BCUT2D eigenvalue weighted by molar-refractivity contribution is 7.89. The van der Waals surface area contributed by atoms with Crippen LogP contribution in [0.15, 0.2) is 17.0 Å². The molecule has 0 atom stereocenters. The summed E-state index contributed by atoms with van der Waals surface area (Å²) in [6.07, 6.45) is 0.700. The fourth-order valence-corrected chi connectivity index (χ4v) is 4.26. The molecule has 21 heavy (non-hydrogen) atoms. The summed E-state index contributed by atoms with van der Waals surface area (Å²) in [6.45, 7) is 0.313. The molecule has 1 fully saturated rings. The molecule has 0 unspecified atom stereocenters. The number of amides is 1. The van der Waals surface area contributed by atoms with Crippen LogP contribution in [0.4, 0.5) is 10.1 Å². The number of halogens is 2. The van der Waals surface area contributed by atoms with Crippen molar-refractivity contribution in [1.82, 2.24) is 4.31 Å². The van der Waals surface area contributed by atoms with Crippen LogP contribution in [0.1, 0.15) is 12.8 Å². The molecule has 1 heterocycles. The number of nitrogens with two attached hydrogens (primary N) is 2. The predicted octanol–water partition coefficient (Wildman–Crippen LogP) is 0.947. The number of primary amides is 1. The Bertz CT molecular complexity index is 673. The second-order valence-electron chi connectivity index (χ2n) is 4.88. The van der Waals surface area contributed by atoms with Gasteiger partial charge < -0.3 is 11.5 Å². The van der Waals surface area contributed by atoms with Gasteiger partial charge in [-0.25, -0.2) is 12.8 Å². The van der Waals surface area contributed by atoms with Crippen LogP contribution in [-0.2, 0) is 14.8 Å². The maximum atomic E-state index is 13.3. The molecule has 0 radical (unpaired) electrons. The summed E-state index contributed by atoms with van der Waals surface area (Å²) >= 11 is 5.81. The van der Waals surface area contributed by atoms with Gasteiger partial charge in [0.05, 0.1) is 10.7 Å². The minimum absolute atomic E-state index is 0.156. The number of carbonyl (C=O) groups excluding carboxylic acids is 1. The van der Waals surface area contributed by atoms with Crippen molar-refractivity contribution in [1.29, 1.82) is 0 Å². The van der Waals surface area contributed by atoms with Gasteiger partial charge in [0.1, 0.15) is 10.7 Å². The molecule has 1 saturated heterocycles. The molecule has 4 N–H and O–H groups in total. The molecule has 1 amide bonds. The van der Waals surface area contributed by atoms with E-state index in [1.807, 2.05) is 0 Å². The van der Waals surface area contributed by atoms with E-state index >= 15 is 0 Å². The number of hydrogen-bond donors (Lipinski definition) is 2. The summed E-state index contributed by atoms with van der Waals surface area (Å²) in [7, 11) is -3.88. The first-order valence-electron chi connectivity index (χ1n) is 6.27. The lowest BCUT2D eigenvalue weighted by molar-refractivity contribution is -0.122. The molecule has 6 nitrogen and oxygen atoms in total. The second kappa shape index (κ2) is 5.78. The van der Waals surface area contributed by atoms with Gasteiger partial charge in [-0.3, -0.25) is 4.79 Å². The molecule has 1 aromatic rings. The number of sulfonamides is 1. The number of nitrogens with zero attached hydrogens (tertiary/aromatic N) is 1. The second-order valence-corrected chi connectivity index (χ2v) is 7.20. The van der Waals surface area contributed by atoms with E-state index in [0.29, 0.717) is 12.8 Å². The highest BCUT2D eigenvalue weighted by Gasteiger charge is 2.32. The predicted molar refractivity (Wildman–Crippen MR) is 76.5 cm³/mol. The Morgan fingerprint density at radius 3 is 2.43 bits per heavy atom. The Hall–Kier alpha value is -1.38.